The van der Waals surface area contributed by atoms with E-state index in [1.165, 1.54) is 0 Å². The van der Waals surface area contributed by atoms with Gasteiger partial charge in [-0.25, -0.2) is 0 Å². The molecule has 1 unspecified atom stereocenters. The third-order valence-electron chi connectivity index (χ3n) is 4.53. The first kappa shape index (κ1) is 17.3. The van der Waals surface area contributed by atoms with Gasteiger partial charge in [0.25, 0.3) is 0 Å². The number of aromatic amines is 1. The quantitative estimate of drug-likeness (QED) is 0.724. The first-order valence-corrected chi connectivity index (χ1v) is 8.70. The summed E-state index contributed by atoms with van der Waals surface area (Å²) in [5.41, 5.74) is 1.83. The molecule has 1 aromatic heterocycles. The first-order valence-electron chi connectivity index (χ1n) is 7.94. The Kier molecular flexibility index (Phi) is 4.90. The fraction of sp³-hybridized carbons (Fsp3) is 0.389. The maximum absolute atomic E-state index is 11.5. The molecule has 0 fully saturated rings. The normalized spacial score (nSPS) is 20.6. The van der Waals surface area contributed by atoms with Crippen LogP contribution < -0.4 is 0 Å². The van der Waals surface area contributed by atoms with E-state index < -0.39 is 11.6 Å². The number of carboxylic acids is 1. The molecule has 0 aliphatic carbocycles. The van der Waals surface area contributed by atoms with Crippen LogP contribution in [0.1, 0.15) is 37.4 Å². The van der Waals surface area contributed by atoms with Gasteiger partial charge < -0.3 is 14.8 Å². The summed E-state index contributed by atoms with van der Waals surface area (Å²) in [5.74, 6) is -0.883. The minimum Gasteiger partial charge on any atom is -0.481 e. The van der Waals surface area contributed by atoms with Crippen LogP contribution in [0.5, 0.6) is 0 Å². The van der Waals surface area contributed by atoms with Gasteiger partial charge in [-0.1, -0.05) is 35.4 Å². The van der Waals surface area contributed by atoms with E-state index in [-0.39, 0.29) is 6.42 Å². The molecule has 0 bridgehead atoms. The number of ether oxygens (including phenoxy) is 1. The topological polar surface area (TPSA) is 62.3 Å². The average molecular weight is 368 g/mol. The zero-order valence-electron chi connectivity index (χ0n) is 13.4. The van der Waals surface area contributed by atoms with E-state index in [1.54, 1.807) is 6.07 Å². The molecule has 1 atom stereocenters. The Bertz CT molecular complexity index is 812. The number of carboxylic acid groups (broad SMARTS) is 1. The number of nitrogens with one attached hydrogen (secondary N) is 1. The van der Waals surface area contributed by atoms with E-state index in [0.717, 1.165) is 28.6 Å². The third kappa shape index (κ3) is 2.94. The molecule has 1 aliphatic rings. The molecule has 4 nitrogen and oxygen atoms in total. The van der Waals surface area contributed by atoms with Crippen LogP contribution in [0.2, 0.25) is 10.0 Å². The fourth-order valence-corrected chi connectivity index (χ4v) is 3.93. The molecule has 1 aliphatic heterocycles. The van der Waals surface area contributed by atoms with Crippen molar-refractivity contribution in [3.8, 4) is 0 Å². The van der Waals surface area contributed by atoms with Gasteiger partial charge in [0.1, 0.15) is 5.60 Å². The number of benzene rings is 1. The van der Waals surface area contributed by atoms with Gasteiger partial charge >= 0.3 is 5.97 Å². The number of H-pyrrole nitrogens is 1. The molecule has 6 heteroatoms. The standard InChI is InChI=1S/C18H19Cl2NO3/c1-2-3-4-8-18(10-14(22)23)17-11(7-9-24-18)15-13(21-17)6-5-12(19)16(15)20/h2-3,5-6,21H,4,7-10H2,1H3,(H,22,23)/b3-2+. The van der Waals surface area contributed by atoms with E-state index in [1.807, 2.05) is 25.1 Å². The predicted octanol–water partition coefficient (Wildman–Crippen LogP) is 5.07. The summed E-state index contributed by atoms with van der Waals surface area (Å²) in [4.78, 5) is 14.8. The number of carbonyl (C=O) groups is 1. The van der Waals surface area contributed by atoms with Crippen LogP contribution in [0.4, 0.5) is 0 Å². The largest absolute Gasteiger partial charge is 0.481 e. The highest BCUT2D eigenvalue weighted by Crippen LogP contribution is 2.45. The zero-order chi connectivity index (χ0) is 17.3. The molecule has 2 heterocycles. The van der Waals surface area contributed by atoms with E-state index in [4.69, 9.17) is 27.9 Å². The summed E-state index contributed by atoms with van der Waals surface area (Å²) >= 11 is 12.6. The number of aromatic nitrogens is 1. The van der Waals surface area contributed by atoms with Crippen molar-refractivity contribution in [1.29, 1.82) is 0 Å². The first-order chi connectivity index (χ1) is 11.5. The van der Waals surface area contributed by atoms with E-state index >= 15 is 0 Å². The van der Waals surface area contributed by atoms with Crippen LogP contribution in [0.3, 0.4) is 0 Å². The van der Waals surface area contributed by atoms with E-state index in [0.29, 0.717) is 29.5 Å². The summed E-state index contributed by atoms with van der Waals surface area (Å²) in [7, 11) is 0. The molecule has 1 aromatic carbocycles. The molecule has 3 rings (SSSR count). The number of hydrogen-bond acceptors (Lipinski definition) is 2. The van der Waals surface area contributed by atoms with Gasteiger partial charge in [0.05, 0.1) is 28.8 Å². The Morgan fingerprint density at radius 3 is 2.96 bits per heavy atom. The highest BCUT2D eigenvalue weighted by molar-refractivity contribution is 6.45. The van der Waals surface area contributed by atoms with Crippen LogP contribution in [0, 0.1) is 0 Å². The summed E-state index contributed by atoms with van der Waals surface area (Å²) in [6.45, 7) is 2.41. The summed E-state index contributed by atoms with van der Waals surface area (Å²) in [6, 6.07) is 3.62. The number of aliphatic carboxylic acids is 1. The average Bonchev–Trinajstić information content (AvgIpc) is 2.92. The van der Waals surface area contributed by atoms with Gasteiger partial charge in [-0.15, -0.1) is 0 Å². The SMILES string of the molecule is C/C=C/CCC1(CC(=O)O)OCCc2c1[nH]c1ccc(Cl)c(Cl)c21. The molecule has 2 aromatic rings. The fourth-order valence-electron chi connectivity index (χ4n) is 3.50. The molecular weight excluding hydrogens is 349 g/mol. The van der Waals surface area contributed by atoms with Crippen molar-refractivity contribution in [3.63, 3.8) is 0 Å². The van der Waals surface area contributed by atoms with Crippen LogP contribution in [0.15, 0.2) is 24.3 Å². The maximum Gasteiger partial charge on any atom is 0.306 e. The van der Waals surface area contributed by atoms with Crippen LogP contribution in [-0.2, 0) is 21.6 Å². The van der Waals surface area contributed by atoms with Crippen molar-refractivity contribution in [2.45, 2.75) is 38.2 Å². The molecule has 0 saturated carbocycles. The van der Waals surface area contributed by atoms with Gasteiger partial charge in [0, 0.05) is 10.9 Å². The number of allylic oxidation sites excluding steroid dienone is 2. The van der Waals surface area contributed by atoms with Crippen LogP contribution in [-0.4, -0.2) is 22.7 Å². The van der Waals surface area contributed by atoms with Crippen molar-refractivity contribution in [1.82, 2.24) is 4.98 Å². The second-order valence-corrected chi connectivity index (χ2v) is 6.82. The molecule has 128 valence electrons. The Labute approximate surface area is 150 Å². The summed E-state index contributed by atoms with van der Waals surface area (Å²) in [5, 5.41) is 11.3. The monoisotopic (exact) mass is 367 g/mol. The third-order valence-corrected chi connectivity index (χ3v) is 5.34. The smallest absolute Gasteiger partial charge is 0.306 e. The lowest BCUT2D eigenvalue weighted by Crippen LogP contribution is -2.37. The Morgan fingerprint density at radius 2 is 2.25 bits per heavy atom. The number of hydrogen-bond donors (Lipinski definition) is 2. The van der Waals surface area contributed by atoms with Crippen molar-refractivity contribution >= 4 is 40.1 Å². The van der Waals surface area contributed by atoms with Crippen molar-refractivity contribution in [2.75, 3.05) is 6.61 Å². The predicted molar refractivity (Wildman–Crippen MR) is 96.0 cm³/mol. The lowest BCUT2D eigenvalue weighted by molar-refractivity contribution is -0.149. The Morgan fingerprint density at radius 1 is 1.46 bits per heavy atom. The minimum atomic E-state index is -0.883. The second-order valence-electron chi connectivity index (χ2n) is 6.03. The molecule has 0 spiro atoms. The molecule has 0 radical (unpaired) electrons. The lowest BCUT2D eigenvalue weighted by Gasteiger charge is -2.36. The minimum absolute atomic E-state index is 0.0876. The van der Waals surface area contributed by atoms with Gasteiger partial charge in [-0.05, 0) is 43.9 Å². The molecule has 24 heavy (non-hydrogen) atoms. The molecule has 0 amide bonds. The van der Waals surface area contributed by atoms with Crippen molar-refractivity contribution in [2.24, 2.45) is 0 Å². The lowest BCUT2D eigenvalue weighted by atomic mass is 9.84. The summed E-state index contributed by atoms with van der Waals surface area (Å²) in [6.07, 6.45) is 5.91. The van der Waals surface area contributed by atoms with Gasteiger partial charge in [0.15, 0.2) is 0 Å². The van der Waals surface area contributed by atoms with Gasteiger partial charge in [-0.3, -0.25) is 4.79 Å². The second kappa shape index (κ2) is 6.79. The van der Waals surface area contributed by atoms with E-state index in [9.17, 15) is 9.90 Å². The highest BCUT2D eigenvalue weighted by Gasteiger charge is 2.42. The van der Waals surface area contributed by atoms with Crippen molar-refractivity contribution in [3.05, 3.63) is 45.6 Å². The Balaban J connectivity index is 2.17. The highest BCUT2D eigenvalue weighted by atomic mass is 35.5. The van der Waals surface area contributed by atoms with E-state index in [2.05, 4.69) is 4.98 Å². The maximum atomic E-state index is 11.5. The molecule has 2 N–H and O–H groups in total. The Hall–Kier alpha value is -1.49. The van der Waals surface area contributed by atoms with Gasteiger partial charge in [0.2, 0.25) is 0 Å². The molecular formula is C18H19Cl2NO3. The van der Waals surface area contributed by atoms with Crippen LogP contribution >= 0.6 is 23.2 Å². The van der Waals surface area contributed by atoms with Crippen LogP contribution in [0.25, 0.3) is 10.9 Å². The van der Waals surface area contributed by atoms with Crippen molar-refractivity contribution < 1.29 is 14.6 Å². The molecule has 0 saturated heterocycles. The van der Waals surface area contributed by atoms with Gasteiger partial charge in [-0.2, -0.15) is 0 Å². The number of rotatable bonds is 5. The summed E-state index contributed by atoms with van der Waals surface area (Å²) < 4.78 is 6.03. The zero-order valence-corrected chi connectivity index (χ0v) is 14.9. The number of fused-ring (bicyclic) bond motifs is 3. The number of halogens is 2.